The van der Waals surface area contributed by atoms with Crippen LogP contribution < -0.4 is 0 Å². The Balaban J connectivity index is 0. The largest absolute Gasteiger partial charge is 0.469 e. The first-order chi connectivity index (χ1) is 3.68. The summed E-state index contributed by atoms with van der Waals surface area (Å²) >= 11 is 0. The predicted octanol–water partition coefficient (Wildman–Crippen LogP) is -0.892. The minimum absolute atomic E-state index is 0.245. The summed E-state index contributed by atoms with van der Waals surface area (Å²) in [4.78, 5) is 9.59. The van der Waals surface area contributed by atoms with Crippen molar-refractivity contribution in [3.05, 3.63) is 0 Å². The summed E-state index contributed by atoms with van der Waals surface area (Å²) in [5, 5.41) is 14.2. The summed E-state index contributed by atoms with van der Waals surface area (Å²) in [6.45, 7) is 0.611. The molecule has 0 aliphatic heterocycles. The fourth-order valence-corrected chi connectivity index (χ4v) is 0. The highest BCUT2D eigenvalue weighted by atomic mass is 16.5. The smallest absolute Gasteiger partial charge is 0.302 e. The van der Waals surface area contributed by atoms with Crippen LogP contribution in [0.25, 0.3) is 0 Å². The van der Waals surface area contributed by atoms with Gasteiger partial charge in [-0.25, -0.2) is 0 Å². The zero-order chi connectivity index (χ0) is 6.99. The van der Waals surface area contributed by atoms with Crippen LogP contribution in [-0.4, -0.2) is 30.1 Å². The van der Waals surface area contributed by atoms with Gasteiger partial charge in [0.15, 0.2) is 0 Å². The molecule has 0 amide bonds. The number of aliphatic hydroxyl groups excluding tert-OH is 1. The summed E-state index contributed by atoms with van der Waals surface area (Å²) in [5.41, 5.74) is 0. The van der Waals surface area contributed by atoms with Crippen LogP contribution in [0.3, 0.4) is 0 Å². The maximum atomic E-state index is 9.59. The summed E-state index contributed by atoms with van der Waals surface area (Å²) in [6.07, 6.45) is 0. The molecule has 0 fully saturated rings. The number of ether oxygens (including phenoxy) is 1. The summed E-state index contributed by atoms with van der Waals surface area (Å²) < 4.78 is 4.11. The van der Waals surface area contributed by atoms with Gasteiger partial charge in [-0.3, -0.25) is 4.79 Å². The molecular formula is C4H10O4. The van der Waals surface area contributed by atoms with E-state index in [2.05, 4.69) is 4.74 Å². The molecule has 0 spiro atoms. The number of carbonyl (C=O) groups is 1. The van der Waals surface area contributed by atoms with Crippen molar-refractivity contribution in [2.45, 2.75) is 6.92 Å². The minimum Gasteiger partial charge on any atom is -0.469 e. The molecule has 0 aliphatic carbocycles. The number of hydrogen-bond donors (Lipinski definition) is 2. The van der Waals surface area contributed by atoms with Crippen LogP contribution in [-0.2, 0) is 9.53 Å². The van der Waals surface area contributed by atoms with Crippen molar-refractivity contribution >= 4 is 5.97 Å². The monoisotopic (exact) mass is 122 g/mol. The van der Waals surface area contributed by atoms with Crippen LogP contribution in [0.1, 0.15) is 6.92 Å². The molecule has 0 atom stereocenters. The van der Waals surface area contributed by atoms with Crippen molar-refractivity contribution in [2.75, 3.05) is 13.9 Å². The highest BCUT2D eigenvalue weighted by Crippen LogP contribution is 1.60. The SMILES string of the molecule is COC(C)=O.OCO. The van der Waals surface area contributed by atoms with Gasteiger partial charge in [0.05, 0.1) is 7.11 Å². The highest BCUT2D eigenvalue weighted by molar-refractivity contribution is 5.65. The standard InChI is InChI=1S/C3H6O2.CH4O2/c1-3(4)5-2;2-1-3/h1-2H3;2-3H,1H2. The topological polar surface area (TPSA) is 66.8 Å². The second kappa shape index (κ2) is 9.63. The zero-order valence-corrected chi connectivity index (χ0v) is 4.92. The van der Waals surface area contributed by atoms with Gasteiger partial charge < -0.3 is 14.9 Å². The molecule has 0 aromatic heterocycles. The normalized spacial score (nSPS) is 6.50. The Hall–Kier alpha value is -0.610. The molecule has 0 radical (unpaired) electrons. The van der Waals surface area contributed by atoms with Crippen LogP contribution in [0.4, 0.5) is 0 Å². The first kappa shape index (κ1) is 10.4. The number of esters is 1. The van der Waals surface area contributed by atoms with Gasteiger partial charge in [-0.1, -0.05) is 0 Å². The maximum absolute atomic E-state index is 9.59. The van der Waals surface area contributed by atoms with E-state index in [0.717, 1.165) is 0 Å². The lowest BCUT2D eigenvalue weighted by Gasteiger charge is -1.80. The van der Waals surface area contributed by atoms with E-state index in [1.54, 1.807) is 0 Å². The van der Waals surface area contributed by atoms with E-state index < -0.39 is 6.79 Å². The van der Waals surface area contributed by atoms with Gasteiger partial charge >= 0.3 is 5.97 Å². The molecule has 0 rings (SSSR count). The van der Waals surface area contributed by atoms with Gasteiger partial charge in [0.2, 0.25) is 0 Å². The van der Waals surface area contributed by atoms with E-state index in [1.165, 1.54) is 14.0 Å². The number of methoxy groups -OCH3 is 1. The van der Waals surface area contributed by atoms with Crippen molar-refractivity contribution in [2.24, 2.45) is 0 Å². The molecule has 0 aromatic rings. The molecule has 8 heavy (non-hydrogen) atoms. The van der Waals surface area contributed by atoms with Crippen LogP contribution >= 0.6 is 0 Å². The molecule has 0 bridgehead atoms. The summed E-state index contributed by atoms with van der Waals surface area (Å²) in [6, 6.07) is 0. The van der Waals surface area contributed by atoms with Gasteiger partial charge in [-0.2, -0.15) is 0 Å². The molecule has 0 saturated heterocycles. The van der Waals surface area contributed by atoms with E-state index in [1.807, 2.05) is 0 Å². The first-order valence-electron chi connectivity index (χ1n) is 1.95. The Labute approximate surface area is 47.7 Å². The Morgan fingerprint density at radius 3 is 1.75 bits per heavy atom. The number of carbonyl (C=O) groups excluding carboxylic acids is 1. The lowest BCUT2D eigenvalue weighted by atomic mass is 10.8. The van der Waals surface area contributed by atoms with Crippen molar-refractivity contribution in [1.82, 2.24) is 0 Å². The van der Waals surface area contributed by atoms with E-state index >= 15 is 0 Å². The van der Waals surface area contributed by atoms with E-state index in [4.69, 9.17) is 10.2 Å². The molecule has 0 unspecified atom stereocenters. The van der Waals surface area contributed by atoms with E-state index in [-0.39, 0.29) is 5.97 Å². The van der Waals surface area contributed by atoms with Crippen molar-refractivity contribution in [1.29, 1.82) is 0 Å². The number of rotatable bonds is 0. The second-order valence-electron chi connectivity index (χ2n) is 0.837. The van der Waals surface area contributed by atoms with Crippen molar-refractivity contribution in [3.63, 3.8) is 0 Å². The first-order valence-corrected chi connectivity index (χ1v) is 1.95. The van der Waals surface area contributed by atoms with Crippen molar-refractivity contribution < 1.29 is 19.7 Å². The van der Waals surface area contributed by atoms with Gasteiger partial charge in [0, 0.05) is 6.92 Å². The van der Waals surface area contributed by atoms with Gasteiger partial charge in [-0.15, -0.1) is 0 Å². The Morgan fingerprint density at radius 1 is 1.62 bits per heavy atom. The fraction of sp³-hybridized carbons (Fsp3) is 0.750. The molecule has 4 heteroatoms. The molecule has 0 aliphatic rings. The Morgan fingerprint density at radius 2 is 1.75 bits per heavy atom. The highest BCUT2D eigenvalue weighted by Gasteiger charge is 1.75. The maximum Gasteiger partial charge on any atom is 0.302 e. The lowest BCUT2D eigenvalue weighted by molar-refractivity contribution is -0.137. The summed E-state index contributed by atoms with van der Waals surface area (Å²) in [5.74, 6) is -0.245. The third kappa shape index (κ3) is 53.8. The Kier molecular flexibility index (Phi) is 12.5. The molecule has 50 valence electrons. The third-order valence-electron chi connectivity index (χ3n) is 0.287. The van der Waals surface area contributed by atoms with E-state index in [0.29, 0.717) is 0 Å². The molecule has 0 saturated carbocycles. The van der Waals surface area contributed by atoms with Gasteiger partial charge in [0.25, 0.3) is 0 Å². The van der Waals surface area contributed by atoms with Crippen LogP contribution in [0.2, 0.25) is 0 Å². The van der Waals surface area contributed by atoms with Crippen LogP contribution in [0, 0.1) is 0 Å². The lowest BCUT2D eigenvalue weighted by Crippen LogP contribution is -1.88. The zero-order valence-electron chi connectivity index (χ0n) is 4.92. The minimum atomic E-state index is -0.750. The molecule has 4 nitrogen and oxygen atoms in total. The third-order valence-corrected chi connectivity index (χ3v) is 0.287. The van der Waals surface area contributed by atoms with Crippen LogP contribution in [0.5, 0.6) is 0 Å². The Bertz CT molecular complexity index is 52.0. The summed E-state index contributed by atoms with van der Waals surface area (Å²) in [7, 11) is 1.35. The van der Waals surface area contributed by atoms with Gasteiger partial charge in [0.1, 0.15) is 6.79 Å². The fourth-order valence-electron chi connectivity index (χ4n) is 0. The van der Waals surface area contributed by atoms with Crippen LogP contribution in [0.15, 0.2) is 0 Å². The predicted molar refractivity (Wildman–Crippen MR) is 27.0 cm³/mol. The molecule has 0 aromatic carbocycles. The second-order valence-corrected chi connectivity index (χ2v) is 0.837. The van der Waals surface area contributed by atoms with E-state index in [9.17, 15) is 4.79 Å². The quantitative estimate of drug-likeness (QED) is 0.323. The molecular weight excluding hydrogens is 112 g/mol. The average Bonchev–Trinajstić information content (AvgIpc) is 1.69. The van der Waals surface area contributed by atoms with Gasteiger partial charge in [-0.05, 0) is 0 Å². The molecule has 0 heterocycles. The number of aliphatic hydroxyl groups is 2. The van der Waals surface area contributed by atoms with Crippen molar-refractivity contribution in [3.8, 4) is 0 Å². The molecule has 2 N–H and O–H groups in total. The number of hydrogen-bond acceptors (Lipinski definition) is 4. The average molecular weight is 122 g/mol.